The van der Waals surface area contributed by atoms with Gasteiger partial charge in [0.15, 0.2) is 0 Å². The van der Waals surface area contributed by atoms with Crippen LogP contribution in [0.3, 0.4) is 0 Å². The van der Waals surface area contributed by atoms with Gasteiger partial charge in [-0.05, 0) is 24.1 Å². The van der Waals surface area contributed by atoms with Gasteiger partial charge in [0.2, 0.25) is 5.91 Å². The molecule has 1 fully saturated rings. The van der Waals surface area contributed by atoms with Gasteiger partial charge in [-0.2, -0.15) is 0 Å². The highest BCUT2D eigenvalue weighted by Crippen LogP contribution is 2.19. The van der Waals surface area contributed by atoms with E-state index in [1.807, 2.05) is 24.3 Å². The molecule has 1 N–H and O–H groups in total. The molecule has 0 unspecified atom stereocenters. The van der Waals surface area contributed by atoms with Gasteiger partial charge in [-0.3, -0.25) is 9.59 Å². The van der Waals surface area contributed by atoms with Crippen LogP contribution >= 0.6 is 0 Å². The smallest absolute Gasteiger partial charge is 0.308 e. The first kappa shape index (κ1) is 13.4. The van der Waals surface area contributed by atoms with Crippen LogP contribution in [0.1, 0.15) is 12.0 Å². The van der Waals surface area contributed by atoms with Crippen molar-refractivity contribution in [2.24, 2.45) is 5.92 Å². The molecule has 2 rings (SSSR count). The zero-order chi connectivity index (χ0) is 13.8. The number of hydrogen-bond acceptors (Lipinski definition) is 3. The summed E-state index contributed by atoms with van der Waals surface area (Å²) in [5.74, 6) is -0.712. The van der Waals surface area contributed by atoms with Crippen molar-refractivity contribution >= 4 is 11.9 Å². The number of amides is 1. The van der Waals surface area contributed by atoms with Crippen molar-refractivity contribution in [2.75, 3.05) is 20.2 Å². The summed E-state index contributed by atoms with van der Waals surface area (Å²) in [6, 6.07) is 7.66. The van der Waals surface area contributed by atoms with E-state index in [0.29, 0.717) is 13.1 Å². The Labute approximate surface area is 111 Å². The second-order valence-corrected chi connectivity index (χ2v) is 4.68. The van der Waals surface area contributed by atoms with Gasteiger partial charge in [-0.1, -0.05) is 12.1 Å². The van der Waals surface area contributed by atoms with Crippen LogP contribution in [0.4, 0.5) is 0 Å². The van der Waals surface area contributed by atoms with E-state index in [2.05, 4.69) is 0 Å². The Bertz CT molecular complexity index is 469. The lowest BCUT2D eigenvalue weighted by atomic mass is 10.1. The van der Waals surface area contributed by atoms with E-state index in [9.17, 15) is 9.59 Å². The molecule has 1 aliphatic rings. The summed E-state index contributed by atoms with van der Waals surface area (Å²) in [5.41, 5.74) is 1.10. The van der Waals surface area contributed by atoms with Crippen LogP contribution in [0.5, 0.6) is 5.75 Å². The van der Waals surface area contributed by atoms with Gasteiger partial charge in [0.1, 0.15) is 5.75 Å². The maximum atomic E-state index is 11.7. The Morgan fingerprint density at radius 3 is 2.63 bits per heavy atom. The minimum atomic E-state index is -0.889. The zero-order valence-corrected chi connectivity index (χ0v) is 10.8. The van der Waals surface area contributed by atoms with Gasteiger partial charge >= 0.3 is 5.97 Å². The fourth-order valence-corrected chi connectivity index (χ4v) is 2.21. The molecule has 5 heteroatoms. The first-order chi connectivity index (χ1) is 9.10. The lowest BCUT2D eigenvalue weighted by Crippen LogP contribution is -2.28. The number of methoxy groups -OCH3 is 1. The summed E-state index contributed by atoms with van der Waals surface area (Å²) >= 11 is 0. The molecule has 1 heterocycles. The summed E-state index contributed by atoms with van der Waals surface area (Å²) in [5, 5.41) is 8.90. The van der Waals surface area contributed by atoms with Gasteiger partial charge < -0.3 is 14.7 Å². The van der Waals surface area contributed by atoms with E-state index in [4.69, 9.17) is 9.84 Å². The predicted octanol–water partition coefficient (Wildman–Crippen LogP) is 1.17. The van der Waals surface area contributed by atoms with Crippen molar-refractivity contribution in [3.63, 3.8) is 0 Å². The number of carbonyl (C=O) groups excluding carboxylic acids is 1. The van der Waals surface area contributed by atoms with Crippen molar-refractivity contribution in [1.29, 1.82) is 0 Å². The summed E-state index contributed by atoms with van der Waals surface area (Å²) in [7, 11) is 1.62. The lowest BCUT2D eigenvalue weighted by molar-refractivity contribution is -0.141. The molecule has 0 aromatic heterocycles. The number of benzene rings is 1. The van der Waals surface area contributed by atoms with E-state index in [1.165, 1.54) is 0 Å². The van der Waals surface area contributed by atoms with E-state index >= 15 is 0 Å². The van der Waals surface area contributed by atoms with Crippen LogP contribution < -0.4 is 4.74 Å². The Morgan fingerprint density at radius 1 is 1.42 bits per heavy atom. The van der Waals surface area contributed by atoms with Crippen molar-refractivity contribution in [2.45, 2.75) is 12.8 Å². The molecule has 0 saturated carbocycles. The van der Waals surface area contributed by atoms with Crippen LogP contribution in [0, 0.1) is 5.92 Å². The topological polar surface area (TPSA) is 66.8 Å². The first-order valence-electron chi connectivity index (χ1n) is 6.23. The Hall–Kier alpha value is -2.04. The third-order valence-electron chi connectivity index (χ3n) is 3.39. The number of nitrogens with zero attached hydrogens (tertiary/aromatic N) is 1. The molecule has 0 bridgehead atoms. The highest BCUT2D eigenvalue weighted by atomic mass is 16.5. The summed E-state index contributed by atoms with van der Waals surface area (Å²) < 4.78 is 5.07. The average molecular weight is 263 g/mol. The number of hydrogen-bond donors (Lipinski definition) is 1. The Balaban J connectivity index is 1.88. The molecule has 1 amide bonds. The van der Waals surface area contributed by atoms with Crippen LogP contribution in [0.15, 0.2) is 24.3 Å². The fourth-order valence-electron chi connectivity index (χ4n) is 2.21. The van der Waals surface area contributed by atoms with E-state index < -0.39 is 11.9 Å². The quantitative estimate of drug-likeness (QED) is 0.866. The van der Waals surface area contributed by atoms with Crippen LogP contribution in [-0.2, 0) is 16.0 Å². The van der Waals surface area contributed by atoms with E-state index in [0.717, 1.165) is 17.7 Å². The predicted molar refractivity (Wildman–Crippen MR) is 69.0 cm³/mol. The minimum absolute atomic E-state index is 0.0686. The van der Waals surface area contributed by atoms with Crippen molar-refractivity contribution < 1.29 is 19.4 Å². The van der Waals surface area contributed by atoms with Gasteiger partial charge in [0, 0.05) is 19.5 Å². The number of likely N-dealkylation sites (tertiary alicyclic amines) is 1. The highest BCUT2D eigenvalue weighted by Gasteiger charge is 2.33. The molecule has 19 heavy (non-hydrogen) atoms. The van der Waals surface area contributed by atoms with Gasteiger partial charge in [-0.15, -0.1) is 0 Å². The van der Waals surface area contributed by atoms with E-state index in [1.54, 1.807) is 12.0 Å². The second-order valence-electron chi connectivity index (χ2n) is 4.68. The second kappa shape index (κ2) is 5.73. The molecule has 1 aromatic rings. The number of ether oxygens (including phenoxy) is 1. The number of rotatable bonds is 5. The number of aliphatic carboxylic acids is 1. The van der Waals surface area contributed by atoms with Crippen LogP contribution in [-0.4, -0.2) is 42.1 Å². The fraction of sp³-hybridized carbons (Fsp3) is 0.429. The largest absolute Gasteiger partial charge is 0.497 e. The third-order valence-corrected chi connectivity index (χ3v) is 3.39. The Morgan fingerprint density at radius 2 is 2.11 bits per heavy atom. The maximum absolute atomic E-state index is 11.7. The SMILES string of the molecule is COc1ccc(CCN2C[C@H](C(=O)O)CC2=O)cc1. The third kappa shape index (κ3) is 3.24. The number of carboxylic acids is 1. The summed E-state index contributed by atoms with van der Waals surface area (Å²) in [6.07, 6.45) is 0.847. The average Bonchev–Trinajstić information content (AvgIpc) is 2.79. The maximum Gasteiger partial charge on any atom is 0.308 e. The van der Waals surface area contributed by atoms with Gasteiger partial charge in [0.05, 0.1) is 13.0 Å². The molecule has 5 nitrogen and oxygen atoms in total. The number of carboxylic acid groups (broad SMARTS) is 1. The summed E-state index contributed by atoms with van der Waals surface area (Å²) in [4.78, 5) is 24.1. The highest BCUT2D eigenvalue weighted by molar-refractivity contribution is 5.86. The monoisotopic (exact) mass is 263 g/mol. The van der Waals surface area contributed by atoms with Gasteiger partial charge in [-0.25, -0.2) is 0 Å². The first-order valence-corrected chi connectivity index (χ1v) is 6.23. The number of carbonyl (C=O) groups is 2. The van der Waals surface area contributed by atoms with Crippen molar-refractivity contribution in [3.05, 3.63) is 29.8 Å². The van der Waals surface area contributed by atoms with Crippen LogP contribution in [0.25, 0.3) is 0 Å². The molecular formula is C14H17NO4. The minimum Gasteiger partial charge on any atom is -0.497 e. The molecule has 1 aromatic carbocycles. The molecule has 0 spiro atoms. The molecule has 102 valence electrons. The van der Waals surface area contributed by atoms with Crippen molar-refractivity contribution in [1.82, 2.24) is 4.90 Å². The summed E-state index contributed by atoms with van der Waals surface area (Å²) in [6.45, 7) is 0.888. The Kier molecular flexibility index (Phi) is 4.04. The molecular weight excluding hydrogens is 246 g/mol. The van der Waals surface area contributed by atoms with Crippen LogP contribution in [0.2, 0.25) is 0 Å². The normalized spacial score (nSPS) is 18.7. The lowest BCUT2D eigenvalue weighted by Gasteiger charge is -2.15. The standard InChI is InChI=1S/C14H17NO4/c1-19-12-4-2-10(3-5-12)6-7-15-9-11(14(17)18)8-13(15)16/h2-5,11H,6-9H2,1H3,(H,17,18)/t11-/m1/s1. The van der Waals surface area contributed by atoms with Gasteiger partial charge in [0.25, 0.3) is 0 Å². The zero-order valence-electron chi connectivity index (χ0n) is 10.8. The van der Waals surface area contributed by atoms with E-state index in [-0.39, 0.29) is 12.3 Å². The molecule has 0 aliphatic carbocycles. The molecule has 1 atom stereocenters. The molecule has 1 aliphatic heterocycles. The molecule has 1 saturated heterocycles. The molecule has 0 radical (unpaired) electrons. The van der Waals surface area contributed by atoms with Crippen molar-refractivity contribution in [3.8, 4) is 5.75 Å².